The molecule has 1 amide bonds. The molecular weight excluding hydrogens is 304 g/mol. The van der Waals surface area contributed by atoms with Crippen molar-refractivity contribution in [1.82, 2.24) is 10.2 Å². The zero-order chi connectivity index (χ0) is 15.9. The maximum atomic E-state index is 11.9. The summed E-state index contributed by atoms with van der Waals surface area (Å²) in [7, 11) is 0. The summed E-state index contributed by atoms with van der Waals surface area (Å²) in [4.78, 5) is 15.6. The zero-order valence-corrected chi connectivity index (χ0v) is 14.3. The summed E-state index contributed by atoms with van der Waals surface area (Å²) >= 11 is 1.60. The van der Waals surface area contributed by atoms with Gasteiger partial charge in [0, 0.05) is 11.4 Å². The van der Waals surface area contributed by atoms with E-state index >= 15 is 0 Å². The highest BCUT2D eigenvalue weighted by Gasteiger charge is 2.10. The molecule has 1 N–H and O–H groups in total. The van der Waals surface area contributed by atoms with Gasteiger partial charge in [-0.25, -0.2) is 0 Å². The van der Waals surface area contributed by atoms with Crippen molar-refractivity contribution in [3.8, 4) is 0 Å². The van der Waals surface area contributed by atoms with E-state index < -0.39 is 0 Å². The summed E-state index contributed by atoms with van der Waals surface area (Å²) < 4.78 is 0. The molecule has 3 rings (SSSR count). The first-order valence-corrected chi connectivity index (χ1v) is 9.40. The fraction of sp³-hybridized carbons (Fsp3) is 0.421. The number of likely N-dealkylation sites (tertiary alicyclic amines) is 1. The summed E-state index contributed by atoms with van der Waals surface area (Å²) in [6.45, 7) is 4.35. The van der Waals surface area contributed by atoms with Gasteiger partial charge in [0.2, 0.25) is 5.91 Å². The fourth-order valence-electron chi connectivity index (χ4n) is 2.99. The number of amides is 1. The van der Waals surface area contributed by atoms with Gasteiger partial charge in [0.25, 0.3) is 0 Å². The predicted octanol–water partition coefficient (Wildman–Crippen LogP) is 3.53. The predicted molar refractivity (Wildman–Crippen MR) is 98.0 cm³/mol. The Balaban J connectivity index is 1.37. The van der Waals surface area contributed by atoms with Crippen molar-refractivity contribution in [3.05, 3.63) is 42.5 Å². The Bertz CT molecular complexity index is 653. The molecule has 122 valence electrons. The quantitative estimate of drug-likeness (QED) is 0.623. The fourth-order valence-corrected chi connectivity index (χ4v) is 3.77. The molecule has 1 aliphatic rings. The van der Waals surface area contributed by atoms with E-state index in [0.29, 0.717) is 5.75 Å². The molecule has 3 nitrogen and oxygen atoms in total. The zero-order valence-electron chi connectivity index (χ0n) is 13.5. The van der Waals surface area contributed by atoms with Crippen molar-refractivity contribution in [2.45, 2.75) is 24.2 Å². The van der Waals surface area contributed by atoms with Gasteiger partial charge in [-0.15, -0.1) is 11.8 Å². The number of fused-ring (bicyclic) bond motifs is 1. The molecule has 0 bridgehead atoms. The van der Waals surface area contributed by atoms with E-state index in [-0.39, 0.29) is 5.91 Å². The number of hydrogen-bond donors (Lipinski definition) is 1. The summed E-state index contributed by atoms with van der Waals surface area (Å²) in [5.74, 6) is 0.617. The Labute approximate surface area is 142 Å². The van der Waals surface area contributed by atoms with Gasteiger partial charge in [-0.2, -0.15) is 0 Å². The number of nitrogens with zero attached hydrogens (tertiary/aromatic N) is 1. The second-order valence-electron chi connectivity index (χ2n) is 6.05. The van der Waals surface area contributed by atoms with Crippen molar-refractivity contribution in [2.24, 2.45) is 0 Å². The van der Waals surface area contributed by atoms with E-state index in [2.05, 4.69) is 40.5 Å². The van der Waals surface area contributed by atoms with Crippen LogP contribution in [0, 0.1) is 0 Å². The SMILES string of the molecule is O=C(CSc1ccc2ccccc2c1)NCCCN1CCCC1. The van der Waals surface area contributed by atoms with Crippen molar-refractivity contribution < 1.29 is 4.79 Å². The van der Waals surface area contributed by atoms with Crippen LogP contribution in [0.1, 0.15) is 19.3 Å². The molecule has 0 radical (unpaired) electrons. The van der Waals surface area contributed by atoms with Gasteiger partial charge in [-0.05, 0) is 61.8 Å². The van der Waals surface area contributed by atoms with Gasteiger partial charge in [-0.3, -0.25) is 4.79 Å². The number of carbonyl (C=O) groups excluding carboxylic acids is 1. The lowest BCUT2D eigenvalue weighted by atomic mass is 10.1. The number of hydrogen-bond acceptors (Lipinski definition) is 3. The highest BCUT2D eigenvalue weighted by atomic mass is 32.2. The number of rotatable bonds is 7. The number of nitrogens with one attached hydrogen (secondary N) is 1. The molecule has 1 fully saturated rings. The molecule has 1 aliphatic heterocycles. The lowest BCUT2D eigenvalue weighted by molar-refractivity contribution is -0.118. The third-order valence-electron chi connectivity index (χ3n) is 4.26. The molecule has 1 saturated heterocycles. The molecule has 0 saturated carbocycles. The van der Waals surface area contributed by atoms with Crippen LogP contribution in [-0.2, 0) is 4.79 Å². The second kappa shape index (κ2) is 8.37. The largest absolute Gasteiger partial charge is 0.355 e. The Hall–Kier alpha value is -1.52. The van der Waals surface area contributed by atoms with Crippen LogP contribution >= 0.6 is 11.8 Å². The van der Waals surface area contributed by atoms with Gasteiger partial charge in [0.05, 0.1) is 5.75 Å². The van der Waals surface area contributed by atoms with Crippen molar-refractivity contribution in [3.63, 3.8) is 0 Å². The van der Waals surface area contributed by atoms with Gasteiger partial charge in [0.1, 0.15) is 0 Å². The minimum atomic E-state index is 0.129. The Morgan fingerprint density at radius 1 is 1.09 bits per heavy atom. The number of carbonyl (C=O) groups is 1. The Morgan fingerprint density at radius 3 is 2.70 bits per heavy atom. The van der Waals surface area contributed by atoms with Crippen molar-refractivity contribution in [1.29, 1.82) is 0 Å². The third-order valence-corrected chi connectivity index (χ3v) is 5.26. The molecule has 0 atom stereocenters. The van der Waals surface area contributed by atoms with E-state index in [1.807, 2.05) is 12.1 Å². The lowest BCUT2D eigenvalue weighted by Gasteiger charge is -2.14. The molecule has 2 aromatic rings. The van der Waals surface area contributed by atoms with Gasteiger partial charge in [0.15, 0.2) is 0 Å². The van der Waals surface area contributed by atoms with Gasteiger partial charge in [-0.1, -0.05) is 30.3 Å². The van der Waals surface area contributed by atoms with Crippen LogP contribution in [0.4, 0.5) is 0 Å². The molecule has 0 spiro atoms. The molecule has 4 heteroatoms. The minimum absolute atomic E-state index is 0.129. The molecule has 1 heterocycles. The van der Waals surface area contributed by atoms with Gasteiger partial charge >= 0.3 is 0 Å². The van der Waals surface area contributed by atoms with Crippen LogP contribution in [0.15, 0.2) is 47.4 Å². The van der Waals surface area contributed by atoms with Crippen LogP contribution in [0.2, 0.25) is 0 Å². The molecule has 0 unspecified atom stereocenters. The monoisotopic (exact) mass is 328 g/mol. The summed E-state index contributed by atoms with van der Waals surface area (Å²) in [5, 5.41) is 5.49. The van der Waals surface area contributed by atoms with Crippen LogP contribution < -0.4 is 5.32 Å². The minimum Gasteiger partial charge on any atom is -0.355 e. The van der Waals surface area contributed by atoms with Crippen LogP contribution in [-0.4, -0.2) is 42.7 Å². The normalized spacial score (nSPS) is 15.1. The number of thioether (sulfide) groups is 1. The maximum Gasteiger partial charge on any atom is 0.230 e. The molecule has 0 aromatic heterocycles. The molecule has 0 aliphatic carbocycles. The number of benzene rings is 2. The highest BCUT2D eigenvalue weighted by Crippen LogP contribution is 2.23. The standard InChI is InChI=1S/C19H24N2OS/c22-19(20-10-5-13-21-11-3-4-12-21)15-23-18-9-8-16-6-1-2-7-17(16)14-18/h1-2,6-9,14H,3-5,10-13,15H2,(H,20,22). The molecule has 23 heavy (non-hydrogen) atoms. The first-order chi connectivity index (χ1) is 11.3. The maximum absolute atomic E-state index is 11.9. The van der Waals surface area contributed by atoms with Gasteiger partial charge < -0.3 is 10.2 Å². The second-order valence-corrected chi connectivity index (χ2v) is 7.10. The van der Waals surface area contributed by atoms with E-state index in [4.69, 9.17) is 0 Å². The van der Waals surface area contributed by atoms with Crippen LogP contribution in [0.5, 0.6) is 0 Å². The summed E-state index contributed by atoms with van der Waals surface area (Å²) in [6.07, 6.45) is 3.70. The average molecular weight is 328 g/mol. The summed E-state index contributed by atoms with van der Waals surface area (Å²) in [6, 6.07) is 14.7. The average Bonchev–Trinajstić information content (AvgIpc) is 3.10. The Morgan fingerprint density at radius 2 is 1.87 bits per heavy atom. The smallest absolute Gasteiger partial charge is 0.230 e. The van der Waals surface area contributed by atoms with Crippen molar-refractivity contribution in [2.75, 3.05) is 31.9 Å². The molecular formula is C19H24N2OS. The Kier molecular flexibility index (Phi) is 5.94. The van der Waals surface area contributed by atoms with E-state index in [1.165, 1.54) is 36.7 Å². The van der Waals surface area contributed by atoms with Crippen LogP contribution in [0.25, 0.3) is 10.8 Å². The first-order valence-electron chi connectivity index (χ1n) is 8.42. The van der Waals surface area contributed by atoms with E-state index in [1.54, 1.807) is 11.8 Å². The molecule has 2 aromatic carbocycles. The van der Waals surface area contributed by atoms with E-state index in [9.17, 15) is 4.79 Å². The topological polar surface area (TPSA) is 32.3 Å². The van der Waals surface area contributed by atoms with E-state index in [0.717, 1.165) is 24.4 Å². The first kappa shape index (κ1) is 16.3. The lowest BCUT2D eigenvalue weighted by Crippen LogP contribution is -2.29. The van der Waals surface area contributed by atoms with Crippen LogP contribution in [0.3, 0.4) is 0 Å². The summed E-state index contributed by atoms with van der Waals surface area (Å²) in [5.41, 5.74) is 0. The third kappa shape index (κ3) is 4.98. The van der Waals surface area contributed by atoms with Crippen molar-refractivity contribution >= 4 is 28.4 Å². The highest BCUT2D eigenvalue weighted by molar-refractivity contribution is 8.00.